The average molecular weight is 404 g/mol. The summed E-state index contributed by atoms with van der Waals surface area (Å²) >= 11 is 0. The molecule has 1 aliphatic rings. The van der Waals surface area contributed by atoms with Crippen molar-refractivity contribution in [2.75, 3.05) is 20.3 Å². The number of fused-ring (bicyclic) bond motifs is 1. The van der Waals surface area contributed by atoms with Crippen LogP contribution in [-0.4, -0.2) is 60.9 Å². The smallest absolute Gasteiger partial charge is 0.328 e. The number of esters is 2. The van der Waals surface area contributed by atoms with Crippen LogP contribution in [0.3, 0.4) is 0 Å². The maximum Gasteiger partial charge on any atom is 0.328 e. The predicted molar refractivity (Wildman–Crippen MR) is 101 cm³/mol. The largest absolute Gasteiger partial charge is 0.467 e. The summed E-state index contributed by atoms with van der Waals surface area (Å²) in [6.45, 7) is 2.53. The molecule has 0 fully saturated rings. The Balaban J connectivity index is 1.89. The number of amides is 3. The van der Waals surface area contributed by atoms with E-state index in [0.717, 1.165) is 4.90 Å². The predicted octanol–water partition coefficient (Wildman–Crippen LogP) is 0.459. The lowest BCUT2D eigenvalue weighted by Crippen LogP contribution is -2.46. The summed E-state index contributed by atoms with van der Waals surface area (Å²) < 4.78 is 9.51. The van der Waals surface area contributed by atoms with Gasteiger partial charge in [-0.25, -0.2) is 4.79 Å². The maximum absolute atomic E-state index is 12.4. The van der Waals surface area contributed by atoms with Gasteiger partial charge in [-0.3, -0.25) is 24.1 Å². The molecule has 0 unspecified atom stereocenters. The zero-order chi connectivity index (χ0) is 21.6. The normalized spacial score (nSPS) is 14.3. The van der Waals surface area contributed by atoms with Crippen molar-refractivity contribution >= 4 is 29.7 Å². The minimum absolute atomic E-state index is 0.00565. The van der Waals surface area contributed by atoms with Crippen molar-refractivity contribution in [2.45, 2.75) is 32.7 Å². The molecule has 0 radical (unpaired) electrons. The van der Waals surface area contributed by atoms with Crippen molar-refractivity contribution in [3.05, 3.63) is 35.4 Å². The Morgan fingerprint density at radius 1 is 1.17 bits per heavy atom. The number of methoxy groups -OCH3 is 1. The topological polar surface area (TPSA) is 119 Å². The van der Waals surface area contributed by atoms with E-state index in [9.17, 15) is 24.0 Å². The number of benzene rings is 1. The molecule has 3 amide bonds. The third kappa shape index (κ3) is 5.87. The van der Waals surface area contributed by atoms with E-state index in [1.54, 1.807) is 24.3 Å². The number of ether oxygens (including phenoxy) is 2. The highest BCUT2D eigenvalue weighted by Gasteiger charge is 2.32. The molecule has 9 nitrogen and oxygen atoms in total. The molecule has 1 aromatic carbocycles. The summed E-state index contributed by atoms with van der Waals surface area (Å²) in [5.41, 5.74) is 0.956. The monoisotopic (exact) mass is 404 g/mol. The fourth-order valence-electron chi connectivity index (χ4n) is 2.94. The van der Waals surface area contributed by atoms with Crippen LogP contribution in [0.4, 0.5) is 0 Å². The molecule has 0 bridgehead atoms. The molecule has 0 spiro atoms. The molecule has 1 aromatic rings. The minimum atomic E-state index is -0.903. The number of imide groups is 1. The van der Waals surface area contributed by atoms with Gasteiger partial charge in [0.2, 0.25) is 5.91 Å². The van der Waals surface area contributed by atoms with Gasteiger partial charge in [0.1, 0.15) is 12.6 Å². The van der Waals surface area contributed by atoms with Gasteiger partial charge in [0.05, 0.1) is 13.5 Å². The first kappa shape index (κ1) is 22.1. The lowest BCUT2D eigenvalue weighted by Gasteiger charge is -2.25. The molecule has 0 saturated carbocycles. The first-order valence-corrected chi connectivity index (χ1v) is 9.18. The SMILES string of the molecule is COC(=O)[C@@H](CC(C)C)NC(=O)COC(=O)CN1C(=O)Cc2ccccc2C1=O. The van der Waals surface area contributed by atoms with Gasteiger partial charge in [-0.05, 0) is 24.0 Å². The summed E-state index contributed by atoms with van der Waals surface area (Å²) in [6, 6.07) is 5.80. The van der Waals surface area contributed by atoms with Crippen LogP contribution in [0.15, 0.2) is 24.3 Å². The van der Waals surface area contributed by atoms with Gasteiger partial charge in [0, 0.05) is 5.56 Å². The molecule has 29 heavy (non-hydrogen) atoms. The highest BCUT2D eigenvalue weighted by Crippen LogP contribution is 2.19. The number of carbonyl (C=O) groups is 5. The van der Waals surface area contributed by atoms with Crippen molar-refractivity contribution < 1.29 is 33.4 Å². The van der Waals surface area contributed by atoms with Gasteiger partial charge in [-0.1, -0.05) is 32.0 Å². The van der Waals surface area contributed by atoms with E-state index in [4.69, 9.17) is 4.74 Å². The Morgan fingerprint density at radius 2 is 1.86 bits per heavy atom. The Kier molecular flexibility index (Phi) is 7.46. The third-order valence-electron chi connectivity index (χ3n) is 4.32. The number of nitrogens with one attached hydrogen (secondary N) is 1. The van der Waals surface area contributed by atoms with Crippen LogP contribution < -0.4 is 5.32 Å². The molecule has 1 heterocycles. The zero-order valence-corrected chi connectivity index (χ0v) is 16.6. The first-order valence-electron chi connectivity index (χ1n) is 9.18. The Bertz CT molecular complexity index is 819. The van der Waals surface area contributed by atoms with E-state index in [1.807, 2.05) is 13.8 Å². The fourth-order valence-corrected chi connectivity index (χ4v) is 2.94. The summed E-state index contributed by atoms with van der Waals surface area (Å²) in [5, 5.41) is 2.45. The second-order valence-electron chi connectivity index (χ2n) is 7.05. The van der Waals surface area contributed by atoms with Crippen LogP contribution in [0.2, 0.25) is 0 Å². The number of rotatable bonds is 8. The number of hydrogen-bond acceptors (Lipinski definition) is 7. The Morgan fingerprint density at radius 3 is 2.52 bits per heavy atom. The van der Waals surface area contributed by atoms with Crippen LogP contribution in [-0.2, 0) is 35.1 Å². The van der Waals surface area contributed by atoms with Crippen LogP contribution in [0.25, 0.3) is 0 Å². The standard InChI is InChI=1S/C20H24N2O7/c1-12(2)8-15(20(27)28-3)21-16(23)11-29-18(25)10-22-17(24)9-13-6-4-5-7-14(13)19(22)26/h4-7,12,15H,8-11H2,1-3H3,(H,21,23)/t15-/m1/s1. The van der Waals surface area contributed by atoms with E-state index >= 15 is 0 Å². The highest BCUT2D eigenvalue weighted by atomic mass is 16.5. The van der Waals surface area contributed by atoms with Gasteiger partial charge in [-0.15, -0.1) is 0 Å². The van der Waals surface area contributed by atoms with Gasteiger partial charge >= 0.3 is 11.9 Å². The molecule has 0 aromatic heterocycles. The Hall–Kier alpha value is -3.23. The third-order valence-corrected chi connectivity index (χ3v) is 4.32. The number of hydrogen-bond donors (Lipinski definition) is 1. The Labute approximate surface area is 168 Å². The van der Waals surface area contributed by atoms with Crippen molar-refractivity contribution in [2.24, 2.45) is 5.92 Å². The van der Waals surface area contributed by atoms with E-state index in [-0.39, 0.29) is 12.3 Å². The van der Waals surface area contributed by atoms with Crippen LogP contribution in [0, 0.1) is 5.92 Å². The molecular formula is C20H24N2O7. The molecule has 156 valence electrons. The van der Waals surface area contributed by atoms with Gasteiger partial charge in [0.25, 0.3) is 11.8 Å². The highest BCUT2D eigenvalue weighted by molar-refractivity contribution is 6.11. The molecule has 0 saturated heterocycles. The second kappa shape index (κ2) is 9.81. The van der Waals surface area contributed by atoms with Crippen molar-refractivity contribution in [1.29, 1.82) is 0 Å². The van der Waals surface area contributed by atoms with E-state index < -0.39 is 48.9 Å². The fraction of sp³-hybridized carbons (Fsp3) is 0.450. The van der Waals surface area contributed by atoms with E-state index in [2.05, 4.69) is 10.1 Å². The van der Waals surface area contributed by atoms with Gasteiger partial charge < -0.3 is 14.8 Å². The van der Waals surface area contributed by atoms with Crippen LogP contribution in [0.5, 0.6) is 0 Å². The van der Waals surface area contributed by atoms with E-state index in [1.165, 1.54) is 7.11 Å². The molecule has 9 heteroatoms. The average Bonchev–Trinajstić information content (AvgIpc) is 2.68. The maximum atomic E-state index is 12.4. The van der Waals surface area contributed by atoms with Crippen LogP contribution in [0.1, 0.15) is 36.2 Å². The molecule has 2 rings (SSSR count). The van der Waals surface area contributed by atoms with Crippen molar-refractivity contribution in [3.8, 4) is 0 Å². The lowest BCUT2D eigenvalue weighted by atomic mass is 9.98. The van der Waals surface area contributed by atoms with Gasteiger partial charge in [0.15, 0.2) is 6.61 Å². The number of nitrogens with zero attached hydrogens (tertiary/aromatic N) is 1. The van der Waals surface area contributed by atoms with Gasteiger partial charge in [-0.2, -0.15) is 0 Å². The van der Waals surface area contributed by atoms with Crippen molar-refractivity contribution in [1.82, 2.24) is 10.2 Å². The summed E-state index contributed by atoms with van der Waals surface area (Å²) in [7, 11) is 1.21. The molecule has 1 N–H and O–H groups in total. The van der Waals surface area contributed by atoms with Crippen molar-refractivity contribution in [3.63, 3.8) is 0 Å². The summed E-state index contributed by atoms with van der Waals surface area (Å²) in [5.74, 6) is -3.16. The quantitative estimate of drug-likeness (QED) is 0.494. The first-order chi connectivity index (χ1) is 13.7. The van der Waals surface area contributed by atoms with Crippen LogP contribution >= 0.6 is 0 Å². The molecular weight excluding hydrogens is 380 g/mol. The lowest BCUT2D eigenvalue weighted by molar-refractivity contribution is -0.152. The number of carbonyl (C=O) groups excluding carboxylic acids is 5. The van der Waals surface area contributed by atoms with E-state index in [0.29, 0.717) is 17.5 Å². The minimum Gasteiger partial charge on any atom is -0.467 e. The second-order valence-corrected chi connectivity index (χ2v) is 7.05. The zero-order valence-electron chi connectivity index (χ0n) is 16.6. The molecule has 1 aliphatic heterocycles. The molecule has 1 atom stereocenters. The summed E-state index contributed by atoms with van der Waals surface area (Å²) in [6.07, 6.45) is 0.369. The molecule has 0 aliphatic carbocycles. The summed E-state index contributed by atoms with van der Waals surface area (Å²) in [4.78, 5) is 61.2.